The van der Waals surface area contributed by atoms with Crippen molar-refractivity contribution in [3.8, 4) is 28.6 Å². The fourth-order valence-corrected chi connectivity index (χ4v) is 4.36. The molecule has 1 unspecified atom stereocenters. The molecule has 0 aliphatic carbocycles. The zero-order chi connectivity index (χ0) is 22.6. The van der Waals surface area contributed by atoms with Gasteiger partial charge >= 0.3 is 0 Å². The minimum atomic E-state index is -0.408. The number of fused-ring (bicyclic) bond motifs is 1. The smallest absolute Gasteiger partial charge is 0.248 e. The second-order valence-corrected chi connectivity index (χ2v) is 8.33. The molecule has 33 heavy (non-hydrogen) atoms. The fraction of sp³-hybridized carbons (Fsp3) is 0.375. The highest BCUT2D eigenvalue weighted by Crippen LogP contribution is 2.39. The monoisotopic (exact) mass is 449 g/mol. The van der Waals surface area contributed by atoms with E-state index in [4.69, 9.17) is 14.6 Å². The Bertz CT molecular complexity index is 1080. The molecule has 0 saturated carbocycles. The molecule has 1 amide bonds. The molecule has 2 aromatic heterocycles. The third kappa shape index (κ3) is 4.84. The summed E-state index contributed by atoms with van der Waals surface area (Å²) < 4.78 is 11.9. The molecule has 1 saturated heterocycles. The van der Waals surface area contributed by atoms with Crippen molar-refractivity contribution in [2.24, 2.45) is 0 Å². The summed E-state index contributed by atoms with van der Waals surface area (Å²) in [4.78, 5) is 20.1. The number of hydrogen-bond donors (Lipinski definition) is 2. The lowest BCUT2D eigenvalue weighted by molar-refractivity contribution is -0.135. The number of piperazine rings is 1. The summed E-state index contributed by atoms with van der Waals surface area (Å²) in [6, 6.07) is 11.6. The lowest BCUT2D eigenvalue weighted by atomic mass is 9.97. The van der Waals surface area contributed by atoms with Gasteiger partial charge in [0, 0.05) is 67.8 Å². The van der Waals surface area contributed by atoms with Gasteiger partial charge in [-0.25, -0.2) is 4.98 Å². The van der Waals surface area contributed by atoms with E-state index in [1.54, 1.807) is 17.3 Å². The number of hydrogen-bond acceptors (Lipinski definition) is 7. The van der Waals surface area contributed by atoms with Crippen molar-refractivity contribution in [1.82, 2.24) is 25.0 Å². The number of aromatic nitrogens is 3. The minimum Gasteiger partial charge on any atom is -0.493 e. The number of ether oxygens (including phenoxy) is 2. The van der Waals surface area contributed by atoms with Crippen LogP contribution in [0.1, 0.15) is 17.9 Å². The number of aliphatic hydroxyl groups is 1. The zero-order valence-electron chi connectivity index (χ0n) is 18.3. The molecule has 0 bridgehead atoms. The number of aromatic amines is 1. The molecule has 0 radical (unpaired) electrons. The third-order valence-electron chi connectivity index (χ3n) is 6.29. The van der Waals surface area contributed by atoms with Gasteiger partial charge in [-0.2, -0.15) is 5.10 Å². The summed E-state index contributed by atoms with van der Waals surface area (Å²) in [5.41, 5.74) is 3.06. The Balaban J connectivity index is 1.15. The standard InChI is InChI=1S/C24H27N5O4/c30-15-24(31)29-11-9-28(10-12-29)8-6-18-16-32-22-13-19(2-3-20(18)22)33-23-4-1-17(14-25-23)21-5-7-26-27-21/h1-5,7,13-14,18,30H,6,8-12,15-16H2,(H,26,27). The van der Waals surface area contributed by atoms with Crippen molar-refractivity contribution < 1.29 is 19.4 Å². The first kappa shape index (κ1) is 21.4. The van der Waals surface area contributed by atoms with E-state index in [-0.39, 0.29) is 5.91 Å². The van der Waals surface area contributed by atoms with Crippen molar-refractivity contribution in [3.05, 3.63) is 54.4 Å². The molecule has 0 spiro atoms. The number of carbonyl (C=O) groups excluding carboxylic acids is 1. The molecule has 4 heterocycles. The highest BCUT2D eigenvalue weighted by molar-refractivity contribution is 5.77. The van der Waals surface area contributed by atoms with Crippen molar-refractivity contribution in [1.29, 1.82) is 0 Å². The minimum absolute atomic E-state index is 0.185. The van der Waals surface area contributed by atoms with E-state index < -0.39 is 6.61 Å². The van der Waals surface area contributed by atoms with Crippen molar-refractivity contribution >= 4 is 5.91 Å². The van der Waals surface area contributed by atoms with Crippen molar-refractivity contribution in [2.75, 3.05) is 45.9 Å². The van der Waals surface area contributed by atoms with Gasteiger partial charge in [-0.15, -0.1) is 0 Å². The molecule has 9 nitrogen and oxygen atoms in total. The Labute approximate surface area is 192 Å². The predicted octanol–water partition coefficient (Wildman–Crippen LogP) is 2.27. The van der Waals surface area contributed by atoms with Crippen LogP contribution in [-0.4, -0.2) is 81.9 Å². The highest BCUT2D eigenvalue weighted by Gasteiger charge is 2.26. The maximum atomic E-state index is 11.6. The van der Waals surface area contributed by atoms with Gasteiger partial charge in [0.1, 0.15) is 18.1 Å². The number of carbonyl (C=O) groups is 1. The van der Waals surface area contributed by atoms with E-state index in [0.29, 0.717) is 37.2 Å². The Morgan fingerprint density at radius 1 is 1.18 bits per heavy atom. The summed E-state index contributed by atoms with van der Waals surface area (Å²) in [7, 11) is 0. The van der Waals surface area contributed by atoms with E-state index in [0.717, 1.165) is 43.1 Å². The molecule has 5 rings (SSSR count). The lowest BCUT2D eigenvalue weighted by Crippen LogP contribution is -2.49. The van der Waals surface area contributed by atoms with Crippen LogP contribution in [0.3, 0.4) is 0 Å². The van der Waals surface area contributed by atoms with Gasteiger partial charge in [0.2, 0.25) is 11.8 Å². The number of aliphatic hydroxyl groups excluding tert-OH is 1. The molecule has 172 valence electrons. The zero-order valence-corrected chi connectivity index (χ0v) is 18.3. The number of rotatable bonds is 7. The van der Waals surface area contributed by atoms with E-state index in [2.05, 4.69) is 26.1 Å². The first-order valence-corrected chi connectivity index (χ1v) is 11.2. The summed E-state index contributed by atoms with van der Waals surface area (Å²) in [6.45, 7) is 4.24. The number of H-pyrrole nitrogens is 1. The molecular weight excluding hydrogens is 422 g/mol. The molecule has 1 fully saturated rings. The second-order valence-electron chi connectivity index (χ2n) is 8.33. The number of pyridine rings is 1. The summed E-state index contributed by atoms with van der Waals surface area (Å²) in [6.07, 6.45) is 4.46. The van der Waals surface area contributed by atoms with E-state index in [9.17, 15) is 4.79 Å². The van der Waals surface area contributed by atoms with Crippen LogP contribution in [0.2, 0.25) is 0 Å². The average Bonchev–Trinajstić information content (AvgIpc) is 3.53. The Morgan fingerprint density at radius 2 is 2.06 bits per heavy atom. The van der Waals surface area contributed by atoms with Crippen LogP contribution in [-0.2, 0) is 4.79 Å². The molecule has 2 aliphatic heterocycles. The van der Waals surface area contributed by atoms with Crippen LogP contribution < -0.4 is 9.47 Å². The van der Waals surface area contributed by atoms with Gasteiger partial charge in [0.15, 0.2) is 0 Å². The Morgan fingerprint density at radius 3 is 2.79 bits per heavy atom. The Hall–Kier alpha value is -3.43. The van der Waals surface area contributed by atoms with Crippen molar-refractivity contribution in [3.63, 3.8) is 0 Å². The van der Waals surface area contributed by atoms with Gasteiger partial charge in [-0.1, -0.05) is 6.07 Å². The first-order chi connectivity index (χ1) is 16.2. The molecular formula is C24H27N5O4. The highest BCUT2D eigenvalue weighted by atomic mass is 16.5. The summed E-state index contributed by atoms with van der Waals surface area (Å²) in [5, 5.41) is 15.9. The average molecular weight is 450 g/mol. The van der Waals surface area contributed by atoms with Crippen LogP contribution in [0.15, 0.2) is 48.8 Å². The normalized spacial score (nSPS) is 18.1. The van der Waals surface area contributed by atoms with Gasteiger partial charge < -0.3 is 19.5 Å². The largest absolute Gasteiger partial charge is 0.493 e. The quantitative estimate of drug-likeness (QED) is 0.570. The van der Waals surface area contributed by atoms with Crippen LogP contribution in [0, 0.1) is 0 Å². The number of amides is 1. The van der Waals surface area contributed by atoms with Crippen LogP contribution in [0.5, 0.6) is 17.4 Å². The van der Waals surface area contributed by atoms with Crippen LogP contribution >= 0.6 is 0 Å². The van der Waals surface area contributed by atoms with Crippen LogP contribution in [0.4, 0.5) is 0 Å². The number of nitrogens with one attached hydrogen (secondary N) is 1. The second kappa shape index (κ2) is 9.60. The fourth-order valence-electron chi connectivity index (χ4n) is 4.36. The maximum Gasteiger partial charge on any atom is 0.248 e. The topological polar surface area (TPSA) is 104 Å². The van der Waals surface area contributed by atoms with E-state index >= 15 is 0 Å². The van der Waals surface area contributed by atoms with Crippen molar-refractivity contribution in [2.45, 2.75) is 12.3 Å². The Kier molecular flexibility index (Phi) is 6.23. The molecule has 3 aromatic rings. The summed E-state index contributed by atoms with van der Waals surface area (Å²) >= 11 is 0. The molecule has 2 aliphatic rings. The number of nitrogens with zero attached hydrogens (tertiary/aromatic N) is 4. The lowest BCUT2D eigenvalue weighted by Gasteiger charge is -2.34. The molecule has 2 N–H and O–H groups in total. The van der Waals surface area contributed by atoms with E-state index in [1.165, 1.54) is 5.56 Å². The number of benzene rings is 1. The predicted molar refractivity (Wildman–Crippen MR) is 121 cm³/mol. The van der Waals surface area contributed by atoms with Gasteiger partial charge in [-0.3, -0.25) is 14.8 Å². The SMILES string of the molecule is O=C(CO)N1CCN(CCC2COc3cc(Oc4ccc(-c5ccn[nH]5)cn4)ccc32)CC1. The summed E-state index contributed by atoms with van der Waals surface area (Å²) in [5.74, 6) is 2.24. The maximum absolute atomic E-state index is 11.6. The molecule has 1 atom stereocenters. The van der Waals surface area contributed by atoms with Gasteiger partial charge in [0.05, 0.1) is 12.3 Å². The first-order valence-electron chi connectivity index (χ1n) is 11.2. The third-order valence-corrected chi connectivity index (χ3v) is 6.29. The molecule has 1 aromatic carbocycles. The van der Waals surface area contributed by atoms with Gasteiger partial charge in [-0.05, 0) is 31.2 Å². The van der Waals surface area contributed by atoms with E-state index in [1.807, 2.05) is 30.3 Å². The van der Waals surface area contributed by atoms with Crippen LogP contribution in [0.25, 0.3) is 11.3 Å². The molecule has 9 heteroatoms. The van der Waals surface area contributed by atoms with Gasteiger partial charge in [0.25, 0.3) is 0 Å².